The predicted molar refractivity (Wildman–Crippen MR) is 89.1 cm³/mol. The van der Waals surface area contributed by atoms with Crippen LogP contribution in [0.15, 0.2) is 42.9 Å². The molecule has 3 aromatic rings. The molecule has 3 heterocycles. The van der Waals surface area contributed by atoms with Crippen molar-refractivity contribution in [3.63, 3.8) is 0 Å². The topological polar surface area (TPSA) is 68.5 Å². The van der Waals surface area contributed by atoms with Crippen LogP contribution in [-0.4, -0.2) is 33.7 Å². The second-order valence-corrected chi connectivity index (χ2v) is 6.56. The number of halogens is 3. The van der Waals surface area contributed by atoms with Gasteiger partial charge in [-0.15, -0.1) is 0 Å². The van der Waals surface area contributed by atoms with E-state index in [0.717, 1.165) is 17.7 Å². The van der Waals surface area contributed by atoms with Gasteiger partial charge in [0, 0.05) is 12.4 Å². The fourth-order valence-electron chi connectivity index (χ4n) is 3.01. The van der Waals surface area contributed by atoms with Crippen molar-refractivity contribution < 1.29 is 22.7 Å². The molecule has 140 valence electrons. The van der Waals surface area contributed by atoms with Crippen LogP contribution >= 0.6 is 0 Å². The summed E-state index contributed by atoms with van der Waals surface area (Å²) < 4.78 is 45.1. The molecule has 27 heavy (non-hydrogen) atoms. The van der Waals surface area contributed by atoms with Crippen LogP contribution in [0.5, 0.6) is 0 Å². The lowest BCUT2D eigenvalue weighted by atomic mass is 9.87. The maximum Gasteiger partial charge on any atom is 0.416 e. The van der Waals surface area contributed by atoms with Crippen molar-refractivity contribution in [2.24, 2.45) is 0 Å². The number of benzene rings is 1. The van der Waals surface area contributed by atoms with Crippen molar-refractivity contribution >= 4 is 11.6 Å². The highest BCUT2D eigenvalue weighted by Gasteiger charge is 2.43. The summed E-state index contributed by atoms with van der Waals surface area (Å²) in [5.74, 6) is -0.412. The summed E-state index contributed by atoms with van der Waals surface area (Å²) in [6.07, 6.45) is 0.381. The van der Waals surface area contributed by atoms with Crippen molar-refractivity contribution in [2.75, 3.05) is 13.2 Å². The fourth-order valence-corrected chi connectivity index (χ4v) is 3.01. The first-order valence-corrected chi connectivity index (χ1v) is 8.16. The third-order valence-corrected chi connectivity index (χ3v) is 4.54. The van der Waals surface area contributed by atoms with E-state index >= 15 is 0 Å². The molecule has 0 spiro atoms. The first-order chi connectivity index (χ1) is 12.8. The molecule has 0 saturated carbocycles. The van der Waals surface area contributed by atoms with Crippen LogP contribution in [0.25, 0.3) is 5.65 Å². The van der Waals surface area contributed by atoms with Crippen molar-refractivity contribution in [1.29, 1.82) is 0 Å². The number of amides is 1. The van der Waals surface area contributed by atoms with E-state index in [0.29, 0.717) is 11.2 Å². The number of carbonyl (C=O) groups excluding carboxylic acids is 1. The van der Waals surface area contributed by atoms with E-state index in [1.54, 1.807) is 12.4 Å². The van der Waals surface area contributed by atoms with Gasteiger partial charge in [0.15, 0.2) is 5.65 Å². The minimum Gasteiger partial charge on any atom is -0.376 e. The Labute approximate surface area is 152 Å². The van der Waals surface area contributed by atoms with Crippen LogP contribution in [0.1, 0.15) is 27.0 Å². The summed E-state index contributed by atoms with van der Waals surface area (Å²) in [6.45, 7) is 2.21. The van der Waals surface area contributed by atoms with Crippen LogP contribution in [-0.2, 0) is 16.5 Å². The standard InChI is InChI=1S/C18H15F3N4O2/c1-11-6-22-15-14(7-23-25(15)8-11)16(26)24-17(9-27-10-17)12-2-4-13(5-3-12)18(19,20)21/h2-8H,9-10H2,1H3,(H,24,26). The van der Waals surface area contributed by atoms with Gasteiger partial charge in [-0.3, -0.25) is 4.79 Å². The third kappa shape index (κ3) is 3.03. The molecule has 0 bridgehead atoms. The van der Waals surface area contributed by atoms with E-state index in [-0.39, 0.29) is 18.8 Å². The average molecular weight is 376 g/mol. The molecule has 1 aliphatic rings. The number of aromatic nitrogens is 3. The molecule has 1 saturated heterocycles. The average Bonchev–Trinajstić information content (AvgIpc) is 3.00. The zero-order valence-corrected chi connectivity index (χ0v) is 14.2. The molecule has 1 N–H and O–H groups in total. The second kappa shape index (κ2) is 6.05. The van der Waals surface area contributed by atoms with Gasteiger partial charge in [0.25, 0.3) is 5.91 Å². The van der Waals surface area contributed by atoms with Crippen molar-refractivity contribution in [1.82, 2.24) is 19.9 Å². The molecule has 0 aliphatic carbocycles. The van der Waals surface area contributed by atoms with E-state index < -0.39 is 23.2 Å². The zero-order chi connectivity index (χ0) is 19.2. The van der Waals surface area contributed by atoms with Crippen LogP contribution in [0, 0.1) is 6.92 Å². The maximum atomic E-state index is 12.8. The Hall–Kier alpha value is -2.94. The Balaban J connectivity index is 1.62. The number of rotatable bonds is 3. The van der Waals surface area contributed by atoms with Crippen molar-refractivity contribution in [2.45, 2.75) is 18.6 Å². The van der Waals surface area contributed by atoms with E-state index in [9.17, 15) is 18.0 Å². The van der Waals surface area contributed by atoms with Gasteiger partial charge in [-0.25, -0.2) is 9.50 Å². The van der Waals surface area contributed by atoms with Gasteiger partial charge in [-0.2, -0.15) is 18.3 Å². The van der Waals surface area contributed by atoms with E-state index in [1.165, 1.54) is 22.8 Å². The predicted octanol–water partition coefficient (Wildman–Crippen LogP) is 2.71. The van der Waals surface area contributed by atoms with Gasteiger partial charge in [-0.1, -0.05) is 12.1 Å². The number of hydrogen-bond acceptors (Lipinski definition) is 4. The molecule has 2 aromatic heterocycles. The summed E-state index contributed by atoms with van der Waals surface area (Å²) in [4.78, 5) is 17.0. The number of hydrogen-bond donors (Lipinski definition) is 1. The molecule has 6 nitrogen and oxygen atoms in total. The number of nitrogens with one attached hydrogen (secondary N) is 1. The SMILES string of the molecule is Cc1cnc2c(C(=O)NC3(c4ccc(C(F)(F)F)cc4)COC3)cnn2c1. The first-order valence-electron chi connectivity index (χ1n) is 8.16. The lowest BCUT2D eigenvalue weighted by molar-refractivity contribution is -0.137. The van der Waals surface area contributed by atoms with E-state index in [4.69, 9.17) is 4.74 Å². The molecule has 0 unspecified atom stereocenters. The second-order valence-electron chi connectivity index (χ2n) is 6.56. The Morgan fingerprint density at radius 1 is 1.22 bits per heavy atom. The Kier molecular flexibility index (Phi) is 3.92. The highest BCUT2D eigenvalue weighted by molar-refractivity contribution is 6.00. The molecule has 1 aromatic carbocycles. The highest BCUT2D eigenvalue weighted by atomic mass is 19.4. The molecular weight excluding hydrogens is 361 g/mol. The molecule has 1 fully saturated rings. The maximum absolute atomic E-state index is 12.8. The minimum absolute atomic E-state index is 0.176. The smallest absolute Gasteiger partial charge is 0.376 e. The van der Waals surface area contributed by atoms with Crippen molar-refractivity contribution in [3.8, 4) is 0 Å². The van der Waals surface area contributed by atoms with Crippen molar-refractivity contribution in [3.05, 3.63) is 65.1 Å². The van der Waals surface area contributed by atoms with Gasteiger partial charge < -0.3 is 10.1 Å². The molecule has 1 amide bonds. The lowest BCUT2D eigenvalue weighted by Crippen LogP contribution is -2.59. The number of ether oxygens (including phenoxy) is 1. The first kappa shape index (κ1) is 17.5. The zero-order valence-electron chi connectivity index (χ0n) is 14.2. The molecule has 1 aliphatic heterocycles. The van der Waals surface area contributed by atoms with Crippen LogP contribution < -0.4 is 5.32 Å². The van der Waals surface area contributed by atoms with Gasteiger partial charge in [0.05, 0.1) is 25.0 Å². The number of nitrogens with zero attached hydrogens (tertiary/aromatic N) is 3. The number of alkyl halides is 3. The van der Waals surface area contributed by atoms with E-state index in [2.05, 4.69) is 15.4 Å². The summed E-state index contributed by atoms with van der Waals surface area (Å²) in [7, 11) is 0. The lowest BCUT2D eigenvalue weighted by Gasteiger charge is -2.42. The Bertz CT molecular complexity index is 1010. The van der Waals surface area contributed by atoms with Gasteiger partial charge >= 0.3 is 6.18 Å². The number of carbonyl (C=O) groups is 1. The highest BCUT2D eigenvalue weighted by Crippen LogP contribution is 2.34. The van der Waals surface area contributed by atoms with E-state index in [1.807, 2.05) is 6.92 Å². The largest absolute Gasteiger partial charge is 0.416 e. The third-order valence-electron chi connectivity index (χ3n) is 4.54. The summed E-state index contributed by atoms with van der Waals surface area (Å²) >= 11 is 0. The summed E-state index contributed by atoms with van der Waals surface area (Å²) in [5.41, 5.74) is 0.519. The minimum atomic E-state index is -4.41. The molecule has 9 heteroatoms. The van der Waals surface area contributed by atoms with Gasteiger partial charge in [0.2, 0.25) is 0 Å². The monoisotopic (exact) mass is 376 g/mol. The van der Waals surface area contributed by atoms with Crippen LogP contribution in [0.4, 0.5) is 13.2 Å². The number of aryl methyl sites for hydroxylation is 1. The molecule has 0 radical (unpaired) electrons. The quantitative estimate of drug-likeness (QED) is 0.763. The molecule has 0 atom stereocenters. The normalized spacial score (nSPS) is 16.1. The van der Waals surface area contributed by atoms with Crippen LogP contribution in [0.3, 0.4) is 0 Å². The summed E-state index contributed by atoms with van der Waals surface area (Å²) in [5, 5.41) is 7.00. The van der Waals surface area contributed by atoms with Crippen LogP contribution in [0.2, 0.25) is 0 Å². The molecular formula is C18H15F3N4O2. The fraction of sp³-hybridized carbons (Fsp3) is 0.278. The molecule has 4 rings (SSSR count). The Morgan fingerprint density at radius 3 is 2.52 bits per heavy atom. The van der Waals surface area contributed by atoms with Gasteiger partial charge in [-0.05, 0) is 30.2 Å². The van der Waals surface area contributed by atoms with Gasteiger partial charge in [0.1, 0.15) is 11.1 Å². The summed E-state index contributed by atoms with van der Waals surface area (Å²) in [6, 6.07) is 4.73. The number of fused-ring (bicyclic) bond motifs is 1. The Morgan fingerprint density at radius 2 is 1.93 bits per heavy atom.